The van der Waals surface area contributed by atoms with Crippen molar-refractivity contribution in [3.8, 4) is 29.0 Å². The molecule has 0 radical (unpaired) electrons. The van der Waals surface area contributed by atoms with E-state index in [1.54, 1.807) is 16.0 Å². The zero-order chi connectivity index (χ0) is 20.8. The molecule has 0 unspecified atom stereocenters. The third-order valence-electron chi connectivity index (χ3n) is 4.76. The van der Waals surface area contributed by atoms with Crippen LogP contribution in [0.25, 0.3) is 22.2 Å². The minimum absolute atomic E-state index is 0.366. The maximum absolute atomic E-state index is 6.17. The average molecular weight is 418 g/mol. The van der Waals surface area contributed by atoms with E-state index in [0.29, 0.717) is 12.4 Å². The van der Waals surface area contributed by atoms with Crippen LogP contribution in [-0.2, 0) is 13.7 Å². The van der Waals surface area contributed by atoms with Gasteiger partial charge in [-0.25, -0.2) is 9.67 Å². The van der Waals surface area contributed by atoms with Gasteiger partial charge in [-0.2, -0.15) is 0 Å². The predicted molar refractivity (Wildman–Crippen MR) is 119 cm³/mol. The molecule has 7 heteroatoms. The van der Waals surface area contributed by atoms with Crippen LogP contribution in [0.4, 0.5) is 0 Å². The first-order chi connectivity index (χ1) is 14.8. The van der Waals surface area contributed by atoms with E-state index in [2.05, 4.69) is 51.4 Å². The highest BCUT2D eigenvalue weighted by atomic mass is 32.1. The highest BCUT2D eigenvalue weighted by Crippen LogP contribution is 2.36. The number of rotatable bonds is 7. The summed E-state index contributed by atoms with van der Waals surface area (Å²) < 4.78 is 7.82. The number of benzene rings is 2. The summed E-state index contributed by atoms with van der Waals surface area (Å²) in [4.78, 5) is 4.59. The van der Waals surface area contributed by atoms with Crippen molar-refractivity contribution in [2.45, 2.75) is 39.2 Å². The summed E-state index contributed by atoms with van der Waals surface area (Å²) >= 11 is 1.55. The lowest BCUT2D eigenvalue weighted by atomic mass is 10.0. The van der Waals surface area contributed by atoms with Gasteiger partial charge >= 0.3 is 0 Å². The maximum Gasteiger partial charge on any atom is 0.186 e. The Labute approximate surface area is 179 Å². The van der Waals surface area contributed by atoms with Crippen molar-refractivity contribution in [3.05, 3.63) is 52.5 Å². The topological polar surface area (TPSA) is 65.7 Å². The van der Waals surface area contributed by atoms with E-state index in [-0.39, 0.29) is 0 Å². The fourth-order valence-corrected chi connectivity index (χ4v) is 3.90. The molecular formula is C23H23N5OS. The second-order valence-electron chi connectivity index (χ2n) is 6.98. The molecule has 0 saturated heterocycles. The Morgan fingerprint density at radius 2 is 2.03 bits per heavy atom. The highest BCUT2D eigenvalue weighted by molar-refractivity contribution is 7.10. The zero-order valence-corrected chi connectivity index (χ0v) is 17.9. The number of hydrogen-bond donors (Lipinski definition) is 0. The predicted octanol–water partition coefficient (Wildman–Crippen LogP) is 5.00. The molecule has 0 aliphatic heterocycles. The van der Waals surface area contributed by atoms with E-state index in [9.17, 15) is 0 Å². The van der Waals surface area contributed by atoms with Crippen LogP contribution in [0.2, 0.25) is 0 Å². The van der Waals surface area contributed by atoms with E-state index in [0.717, 1.165) is 45.6 Å². The number of nitrogens with zero attached hydrogens (tertiary/aromatic N) is 5. The van der Waals surface area contributed by atoms with Crippen LogP contribution in [-0.4, -0.2) is 25.2 Å². The largest absolute Gasteiger partial charge is 0.486 e. The van der Waals surface area contributed by atoms with Crippen molar-refractivity contribution >= 4 is 22.1 Å². The fourth-order valence-electron chi connectivity index (χ4n) is 3.23. The van der Waals surface area contributed by atoms with Crippen LogP contribution in [0.1, 0.15) is 43.3 Å². The molecule has 4 aromatic rings. The third-order valence-corrected chi connectivity index (χ3v) is 5.57. The Hall–Kier alpha value is -3.24. The monoisotopic (exact) mass is 417 g/mol. The first kappa shape index (κ1) is 20.0. The van der Waals surface area contributed by atoms with Crippen molar-refractivity contribution < 1.29 is 4.74 Å². The highest BCUT2D eigenvalue weighted by Gasteiger charge is 2.17. The average Bonchev–Trinajstić information content (AvgIpc) is 3.40. The van der Waals surface area contributed by atoms with Gasteiger partial charge in [-0.1, -0.05) is 56.0 Å². The van der Waals surface area contributed by atoms with E-state index < -0.39 is 0 Å². The Morgan fingerprint density at radius 1 is 1.13 bits per heavy atom. The molecule has 0 aliphatic carbocycles. The minimum Gasteiger partial charge on any atom is -0.486 e. The second-order valence-corrected chi connectivity index (χ2v) is 7.84. The van der Waals surface area contributed by atoms with Crippen LogP contribution in [0, 0.1) is 11.8 Å². The standard InChI is InChI=1S/C23H23N5OS/c1-3-4-5-6-7-12-21-24-18(16-30-21)15-29-20-14-13-17-10-8-9-11-19(17)22(20)23-25-26-27-28(23)2/h8-11,13-14,16H,3-6,15H2,1-2H3. The van der Waals surface area contributed by atoms with Gasteiger partial charge in [-0.3, -0.25) is 0 Å². The molecular weight excluding hydrogens is 394 g/mol. The summed E-state index contributed by atoms with van der Waals surface area (Å²) in [5.41, 5.74) is 1.75. The van der Waals surface area contributed by atoms with Crippen molar-refractivity contribution in [2.24, 2.45) is 7.05 Å². The van der Waals surface area contributed by atoms with Gasteiger partial charge < -0.3 is 4.74 Å². The summed E-state index contributed by atoms with van der Waals surface area (Å²) in [7, 11) is 1.83. The van der Waals surface area contributed by atoms with E-state index in [4.69, 9.17) is 4.74 Å². The molecule has 0 aliphatic rings. The molecule has 0 atom stereocenters. The van der Waals surface area contributed by atoms with Gasteiger partial charge in [-0.05, 0) is 39.6 Å². The molecule has 2 heterocycles. The molecule has 0 bridgehead atoms. The molecule has 0 N–H and O–H groups in total. The Morgan fingerprint density at radius 3 is 2.87 bits per heavy atom. The Balaban J connectivity index is 1.55. The Kier molecular flexibility index (Phi) is 6.35. The van der Waals surface area contributed by atoms with Crippen molar-refractivity contribution in [1.82, 2.24) is 25.2 Å². The summed E-state index contributed by atoms with van der Waals surface area (Å²) in [6.45, 7) is 2.56. The van der Waals surface area contributed by atoms with E-state index in [1.165, 1.54) is 12.8 Å². The van der Waals surface area contributed by atoms with Gasteiger partial charge in [0.2, 0.25) is 0 Å². The molecule has 30 heavy (non-hydrogen) atoms. The smallest absolute Gasteiger partial charge is 0.186 e. The molecule has 0 saturated carbocycles. The molecule has 0 spiro atoms. The van der Waals surface area contributed by atoms with E-state index >= 15 is 0 Å². The van der Waals surface area contributed by atoms with Crippen molar-refractivity contribution in [2.75, 3.05) is 0 Å². The lowest BCUT2D eigenvalue weighted by Gasteiger charge is -2.12. The minimum atomic E-state index is 0.366. The fraction of sp³-hybridized carbons (Fsp3) is 0.304. The molecule has 0 fully saturated rings. The summed E-state index contributed by atoms with van der Waals surface area (Å²) in [6.07, 6.45) is 4.50. The van der Waals surface area contributed by atoms with Gasteiger partial charge in [0.15, 0.2) is 10.8 Å². The zero-order valence-electron chi connectivity index (χ0n) is 17.1. The quantitative estimate of drug-likeness (QED) is 0.313. The summed E-state index contributed by atoms with van der Waals surface area (Å²) in [5.74, 6) is 7.76. The van der Waals surface area contributed by atoms with Crippen LogP contribution < -0.4 is 4.74 Å². The second kappa shape index (κ2) is 9.51. The number of aromatic nitrogens is 5. The number of thiazole rings is 1. The number of aryl methyl sites for hydroxylation is 1. The molecule has 2 aromatic carbocycles. The number of unbranched alkanes of at least 4 members (excludes halogenated alkanes) is 3. The van der Waals surface area contributed by atoms with Crippen LogP contribution in [0.5, 0.6) is 5.75 Å². The molecule has 6 nitrogen and oxygen atoms in total. The lowest BCUT2D eigenvalue weighted by Crippen LogP contribution is -2.01. The van der Waals surface area contributed by atoms with Gasteiger partial charge in [0.05, 0.1) is 11.3 Å². The lowest BCUT2D eigenvalue weighted by molar-refractivity contribution is 0.303. The normalized spacial score (nSPS) is 10.7. The summed E-state index contributed by atoms with van der Waals surface area (Å²) in [5, 5.41) is 17.0. The number of tetrazole rings is 1. The van der Waals surface area contributed by atoms with Gasteiger partial charge in [0.25, 0.3) is 0 Å². The van der Waals surface area contributed by atoms with E-state index in [1.807, 2.05) is 36.7 Å². The van der Waals surface area contributed by atoms with Crippen LogP contribution in [0.3, 0.4) is 0 Å². The van der Waals surface area contributed by atoms with Crippen LogP contribution in [0.15, 0.2) is 41.8 Å². The number of fused-ring (bicyclic) bond motifs is 1. The van der Waals surface area contributed by atoms with Gasteiger partial charge in [-0.15, -0.1) is 16.4 Å². The first-order valence-corrected chi connectivity index (χ1v) is 10.9. The summed E-state index contributed by atoms with van der Waals surface area (Å²) in [6, 6.07) is 12.2. The van der Waals surface area contributed by atoms with Crippen molar-refractivity contribution in [1.29, 1.82) is 0 Å². The molecule has 2 aromatic heterocycles. The Bertz CT molecular complexity index is 1200. The van der Waals surface area contributed by atoms with Gasteiger partial charge in [0.1, 0.15) is 12.4 Å². The van der Waals surface area contributed by atoms with Crippen LogP contribution >= 0.6 is 11.3 Å². The van der Waals surface area contributed by atoms with Crippen molar-refractivity contribution in [3.63, 3.8) is 0 Å². The number of ether oxygens (including phenoxy) is 1. The molecule has 152 valence electrons. The third kappa shape index (κ3) is 4.50. The first-order valence-electron chi connectivity index (χ1n) is 10.1. The molecule has 4 rings (SSSR count). The number of hydrogen-bond acceptors (Lipinski definition) is 6. The SMILES string of the molecule is CCCCCC#Cc1nc(COc2ccc3ccccc3c2-c2nnnn2C)cs1. The van der Waals surface area contributed by atoms with Gasteiger partial charge in [0, 0.05) is 18.8 Å². The molecule has 0 amide bonds. The maximum atomic E-state index is 6.17.